The first-order chi connectivity index (χ1) is 8.69. The lowest BCUT2D eigenvalue weighted by molar-refractivity contribution is 0.627. The molecular formula is C16H18FN. The van der Waals surface area contributed by atoms with Gasteiger partial charge < -0.3 is 5.32 Å². The highest BCUT2D eigenvalue weighted by Gasteiger charge is 2.01. The van der Waals surface area contributed by atoms with Gasteiger partial charge in [0.05, 0.1) is 0 Å². The molecule has 1 N–H and O–H groups in total. The van der Waals surface area contributed by atoms with E-state index in [2.05, 4.69) is 24.4 Å². The number of hydrogen-bond donors (Lipinski definition) is 1. The van der Waals surface area contributed by atoms with Crippen molar-refractivity contribution in [1.82, 2.24) is 5.32 Å². The van der Waals surface area contributed by atoms with Gasteiger partial charge in [-0.05, 0) is 47.9 Å². The highest BCUT2D eigenvalue weighted by molar-refractivity contribution is 5.64. The SMILES string of the molecule is CCNCc1ccc(-c2cc(C)cc(F)c2)cc1. The Kier molecular flexibility index (Phi) is 4.11. The Hall–Kier alpha value is -1.67. The summed E-state index contributed by atoms with van der Waals surface area (Å²) in [7, 11) is 0. The third-order valence-electron chi connectivity index (χ3n) is 2.91. The van der Waals surface area contributed by atoms with E-state index in [0.29, 0.717) is 0 Å². The average Bonchev–Trinajstić information content (AvgIpc) is 2.36. The highest BCUT2D eigenvalue weighted by atomic mass is 19.1. The van der Waals surface area contributed by atoms with Gasteiger partial charge in [-0.15, -0.1) is 0 Å². The van der Waals surface area contributed by atoms with Crippen molar-refractivity contribution in [1.29, 1.82) is 0 Å². The molecule has 0 aliphatic carbocycles. The molecule has 2 heteroatoms. The predicted molar refractivity (Wildman–Crippen MR) is 74.0 cm³/mol. The van der Waals surface area contributed by atoms with Crippen LogP contribution in [0.2, 0.25) is 0 Å². The fourth-order valence-electron chi connectivity index (χ4n) is 1.99. The van der Waals surface area contributed by atoms with E-state index in [9.17, 15) is 4.39 Å². The molecule has 94 valence electrons. The van der Waals surface area contributed by atoms with Crippen molar-refractivity contribution in [3.05, 3.63) is 59.4 Å². The maximum atomic E-state index is 13.3. The molecule has 0 bridgehead atoms. The van der Waals surface area contributed by atoms with Gasteiger partial charge in [-0.25, -0.2) is 4.39 Å². The van der Waals surface area contributed by atoms with Crippen LogP contribution >= 0.6 is 0 Å². The first-order valence-electron chi connectivity index (χ1n) is 6.26. The van der Waals surface area contributed by atoms with E-state index in [1.165, 1.54) is 5.56 Å². The molecule has 0 aliphatic rings. The summed E-state index contributed by atoms with van der Waals surface area (Å²) >= 11 is 0. The van der Waals surface area contributed by atoms with Crippen molar-refractivity contribution < 1.29 is 4.39 Å². The van der Waals surface area contributed by atoms with E-state index in [1.54, 1.807) is 12.1 Å². The summed E-state index contributed by atoms with van der Waals surface area (Å²) in [5, 5.41) is 3.28. The molecule has 0 amide bonds. The summed E-state index contributed by atoms with van der Waals surface area (Å²) in [5.41, 5.74) is 4.18. The summed E-state index contributed by atoms with van der Waals surface area (Å²) in [6.07, 6.45) is 0. The van der Waals surface area contributed by atoms with E-state index in [-0.39, 0.29) is 5.82 Å². The number of aryl methyl sites for hydroxylation is 1. The van der Waals surface area contributed by atoms with Crippen LogP contribution in [0.5, 0.6) is 0 Å². The van der Waals surface area contributed by atoms with Gasteiger partial charge in [0.1, 0.15) is 5.82 Å². The zero-order valence-electron chi connectivity index (χ0n) is 10.8. The first kappa shape index (κ1) is 12.8. The van der Waals surface area contributed by atoms with E-state index < -0.39 is 0 Å². The molecule has 1 nitrogen and oxygen atoms in total. The summed E-state index contributed by atoms with van der Waals surface area (Å²) in [6, 6.07) is 13.4. The smallest absolute Gasteiger partial charge is 0.124 e. The van der Waals surface area contributed by atoms with Crippen molar-refractivity contribution in [2.75, 3.05) is 6.54 Å². The fraction of sp³-hybridized carbons (Fsp3) is 0.250. The maximum absolute atomic E-state index is 13.3. The predicted octanol–water partition coefficient (Wildman–Crippen LogP) is 3.91. The topological polar surface area (TPSA) is 12.0 Å². The molecular weight excluding hydrogens is 225 g/mol. The van der Waals surface area contributed by atoms with E-state index in [4.69, 9.17) is 0 Å². The number of nitrogens with one attached hydrogen (secondary N) is 1. The first-order valence-corrected chi connectivity index (χ1v) is 6.26. The molecule has 0 saturated carbocycles. The molecule has 0 aromatic heterocycles. The van der Waals surface area contributed by atoms with Crippen molar-refractivity contribution in [2.24, 2.45) is 0 Å². The van der Waals surface area contributed by atoms with Gasteiger partial charge in [0, 0.05) is 6.54 Å². The maximum Gasteiger partial charge on any atom is 0.124 e. The van der Waals surface area contributed by atoms with Gasteiger partial charge in [0.25, 0.3) is 0 Å². The Morgan fingerprint density at radius 3 is 2.33 bits per heavy atom. The molecule has 18 heavy (non-hydrogen) atoms. The minimum Gasteiger partial charge on any atom is -0.313 e. The summed E-state index contributed by atoms with van der Waals surface area (Å²) in [6.45, 7) is 5.83. The van der Waals surface area contributed by atoms with Gasteiger partial charge in [-0.3, -0.25) is 0 Å². The van der Waals surface area contributed by atoms with Gasteiger partial charge >= 0.3 is 0 Å². The fourth-order valence-corrected chi connectivity index (χ4v) is 1.99. The third kappa shape index (κ3) is 3.17. The van der Waals surface area contributed by atoms with Gasteiger partial charge in [-0.1, -0.05) is 37.3 Å². The second kappa shape index (κ2) is 5.78. The van der Waals surface area contributed by atoms with Crippen LogP contribution in [0.1, 0.15) is 18.1 Å². The molecule has 0 heterocycles. The van der Waals surface area contributed by atoms with Crippen LogP contribution in [-0.4, -0.2) is 6.54 Å². The number of hydrogen-bond acceptors (Lipinski definition) is 1. The molecule has 0 fully saturated rings. The molecule has 0 atom stereocenters. The summed E-state index contributed by atoms with van der Waals surface area (Å²) in [5.74, 6) is -0.179. The Balaban J connectivity index is 2.23. The Labute approximate surface area is 108 Å². The second-order valence-corrected chi connectivity index (χ2v) is 4.49. The summed E-state index contributed by atoms with van der Waals surface area (Å²) < 4.78 is 13.3. The lowest BCUT2D eigenvalue weighted by atomic mass is 10.0. The average molecular weight is 243 g/mol. The molecule has 2 aromatic rings. The van der Waals surface area contributed by atoms with Gasteiger partial charge in [0.2, 0.25) is 0 Å². The third-order valence-corrected chi connectivity index (χ3v) is 2.91. The lowest BCUT2D eigenvalue weighted by Crippen LogP contribution is -2.11. The normalized spacial score (nSPS) is 10.6. The van der Waals surface area contributed by atoms with E-state index >= 15 is 0 Å². The number of halogens is 1. The molecule has 0 unspecified atom stereocenters. The van der Waals surface area contributed by atoms with Crippen molar-refractivity contribution in [3.63, 3.8) is 0 Å². The van der Waals surface area contributed by atoms with Crippen LogP contribution in [0.25, 0.3) is 11.1 Å². The monoisotopic (exact) mass is 243 g/mol. The largest absolute Gasteiger partial charge is 0.313 e. The minimum absolute atomic E-state index is 0.179. The van der Waals surface area contributed by atoms with Crippen LogP contribution in [0.3, 0.4) is 0 Å². The van der Waals surface area contributed by atoms with Crippen molar-refractivity contribution in [2.45, 2.75) is 20.4 Å². The number of benzene rings is 2. The Morgan fingerprint density at radius 1 is 1.00 bits per heavy atom. The van der Waals surface area contributed by atoms with Gasteiger partial charge in [0.15, 0.2) is 0 Å². The number of rotatable bonds is 4. The Morgan fingerprint density at radius 2 is 1.72 bits per heavy atom. The van der Waals surface area contributed by atoms with Crippen LogP contribution in [0, 0.1) is 12.7 Å². The Bertz CT molecular complexity index is 497. The summed E-state index contributed by atoms with van der Waals surface area (Å²) in [4.78, 5) is 0. The zero-order valence-corrected chi connectivity index (χ0v) is 10.8. The van der Waals surface area contributed by atoms with Crippen molar-refractivity contribution in [3.8, 4) is 11.1 Å². The highest BCUT2D eigenvalue weighted by Crippen LogP contribution is 2.22. The van der Waals surface area contributed by atoms with E-state index in [1.807, 2.05) is 25.1 Å². The molecule has 0 radical (unpaired) electrons. The molecule has 0 spiro atoms. The lowest BCUT2D eigenvalue weighted by Gasteiger charge is -2.06. The van der Waals surface area contributed by atoms with Crippen LogP contribution in [-0.2, 0) is 6.54 Å². The minimum atomic E-state index is -0.179. The second-order valence-electron chi connectivity index (χ2n) is 4.49. The molecule has 2 aromatic carbocycles. The quantitative estimate of drug-likeness (QED) is 0.858. The van der Waals surface area contributed by atoms with Crippen LogP contribution in [0.4, 0.5) is 4.39 Å². The zero-order chi connectivity index (χ0) is 13.0. The van der Waals surface area contributed by atoms with Crippen molar-refractivity contribution >= 4 is 0 Å². The van der Waals surface area contributed by atoms with Gasteiger partial charge in [-0.2, -0.15) is 0 Å². The standard InChI is InChI=1S/C16H18FN/c1-3-18-11-13-4-6-14(7-5-13)15-8-12(2)9-16(17)10-15/h4-10,18H,3,11H2,1-2H3. The van der Waals surface area contributed by atoms with Crippen LogP contribution in [0.15, 0.2) is 42.5 Å². The van der Waals surface area contributed by atoms with Crippen LogP contribution < -0.4 is 5.32 Å². The molecule has 0 saturated heterocycles. The van der Waals surface area contributed by atoms with E-state index in [0.717, 1.165) is 29.8 Å². The molecule has 2 rings (SSSR count). The molecule has 0 aliphatic heterocycles.